The van der Waals surface area contributed by atoms with Crippen LogP contribution in [0.4, 0.5) is 0 Å². The molecule has 0 saturated carbocycles. The quantitative estimate of drug-likeness (QED) is 0.853. The number of nitrogens with one attached hydrogen (secondary N) is 1. The van der Waals surface area contributed by atoms with Crippen LogP contribution in [0, 0.1) is 13.8 Å². The van der Waals surface area contributed by atoms with Gasteiger partial charge in [-0.15, -0.1) is 0 Å². The summed E-state index contributed by atoms with van der Waals surface area (Å²) in [6, 6.07) is 7.13. The van der Waals surface area contributed by atoms with Gasteiger partial charge in [0.05, 0.1) is 24.8 Å². The molecule has 1 heterocycles. The molecule has 0 saturated heterocycles. The van der Waals surface area contributed by atoms with Crippen LogP contribution < -0.4 is 10.1 Å². The topological polar surface area (TPSA) is 84.6 Å². The van der Waals surface area contributed by atoms with Crippen LogP contribution in [-0.2, 0) is 4.79 Å². The molecule has 0 fully saturated rings. The minimum atomic E-state index is -0.800. The van der Waals surface area contributed by atoms with E-state index in [4.69, 9.17) is 9.26 Å². The molecular weight excluding hydrogens is 296 g/mol. The molecule has 6 heteroatoms. The Kier molecular flexibility index (Phi) is 5.39. The number of carbonyl (C=O) groups is 1. The minimum absolute atomic E-state index is 0.125. The van der Waals surface area contributed by atoms with Crippen LogP contribution >= 0.6 is 0 Å². The predicted octanol–water partition coefficient (Wildman–Crippen LogP) is 2.25. The summed E-state index contributed by atoms with van der Waals surface area (Å²) in [5.41, 5.74) is 2.19. The number of ether oxygens (including phenoxy) is 1. The lowest BCUT2D eigenvalue weighted by molar-refractivity contribution is -0.122. The zero-order valence-corrected chi connectivity index (χ0v) is 13.8. The van der Waals surface area contributed by atoms with Crippen molar-refractivity contribution in [3.63, 3.8) is 0 Å². The fraction of sp³-hybridized carbons (Fsp3) is 0.412. The second-order valence-corrected chi connectivity index (χ2v) is 5.50. The molecule has 1 aromatic carbocycles. The van der Waals surface area contributed by atoms with Crippen molar-refractivity contribution in [1.29, 1.82) is 0 Å². The number of amides is 1. The maximum absolute atomic E-state index is 12.3. The molecule has 2 rings (SSSR count). The average Bonchev–Trinajstić information content (AvgIpc) is 2.90. The summed E-state index contributed by atoms with van der Waals surface area (Å²) in [7, 11) is 1.57. The molecule has 1 aromatic heterocycles. The number of aryl methyl sites for hydroxylation is 2. The second kappa shape index (κ2) is 7.28. The van der Waals surface area contributed by atoms with Crippen molar-refractivity contribution in [3.05, 3.63) is 46.8 Å². The molecule has 6 nitrogen and oxygen atoms in total. The van der Waals surface area contributed by atoms with E-state index >= 15 is 0 Å². The Morgan fingerprint density at radius 2 is 2.17 bits per heavy atom. The van der Waals surface area contributed by atoms with Crippen LogP contribution in [0.25, 0.3) is 0 Å². The second-order valence-electron chi connectivity index (χ2n) is 5.50. The molecule has 2 N–H and O–H groups in total. The Hall–Kier alpha value is -2.34. The lowest BCUT2D eigenvalue weighted by atomic mass is 9.98. The highest BCUT2D eigenvalue weighted by molar-refractivity contribution is 5.83. The highest BCUT2D eigenvalue weighted by atomic mass is 16.5. The molecule has 23 heavy (non-hydrogen) atoms. The molecule has 2 atom stereocenters. The number of aliphatic hydroxyl groups excluding tert-OH is 1. The summed E-state index contributed by atoms with van der Waals surface area (Å²) in [6.07, 6.45) is -0.800. The van der Waals surface area contributed by atoms with E-state index in [0.717, 1.165) is 5.56 Å². The Morgan fingerprint density at radius 1 is 1.43 bits per heavy atom. The van der Waals surface area contributed by atoms with Crippen molar-refractivity contribution in [2.75, 3.05) is 13.7 Å². The first-order valence-electron chi connectivity index (χ1n) is 7.46. The lowest BCUT2D eigenvalue weighted by Gasteiger charge is -2.16. The Morgan fingerprint density at radius 3 is 2.78 bits per heavy atom. The van der Waals surface area contributed by atoms with Gasteiger partial charge in [0.2, 0.25) is 5.91 Å². The number of aromatic nitrogens is 1. The van der Waals surface area contributed by atoms with E-state index in [1.807, 2.05) is 0 Å². The van der Waals surface area contributed by atoms with Gasteiger partial charge in [-0.3, -0.25) is 4.79 Å². The molecule has 1 amide bonds. The van der Waals surface area contributed by atoms with Gasteiger partial charge in [-0.2, -0.15) is 0 Å². The van der Waals surface area contributed by atoms with Gasteiger partial charge in [0, 0.05) is 12.1 Å². The molecule has 0 aliphatic rings. The van der Waals surface area contributed by atoms with E-state index in [1.54, 1.807) is 52.1 Å². The molecule has 124 valence electrons. The van der Waals surface area contributed by atoms with E-state index in [1.165, 1.54) is 0 Å². The van der Waals surface area contributed by atoms with Gasteiger partial charge >= 0.3 is 0 Å². The summed E-state index contributed by atoms with van der Waals surface area (Å²) in [5, 5.41) is 16.8. The summed E-state index contributed by atoms with van der Waals surface area (Å²) < 4.78 is 10.2. The number of nitrogens with zero attached hydrogens (tertiary/aromatic N) is 1. The highest BCUT2D eigenvalue weighted by Crippen LogP contribution is 2.23. The molecular formula is C17H22N2O4. The van der Waals surface area contributed by atoms with E-state index < -0.39 is 12.0 Å². The van der Waals surface area contributed by atoms with Gasteiger partial charge in [0.25, 0.3) is 0 Å². The van der Waals surface area contributed by atoms with Crippen molar-refractivity contribution in [3.8, 4) is 5.75 Å². The molecule has 2 aromatic rings. The smallest absolute Gasteiger partial charge is 0.227 e. The van der Waals surface area contributed by atoms with Crippen LogP contribution in [0.2, 0.25) is 0 Å². The van der Waals surface area contributed by atoms with Crippen molar-refractivity contribution in [1.82, 2.24) is 10.5 Å². The summed E-state index contributed by atoms with van der Waals surface area (Å²) >= 11 is 0. The molecule has 0 spiro atoms. The van der Waals surface area contributed by atoms with E-state index in [-0.39, 0.29) is 12.5 Å². The minimum Gasteiger partial charge on any atom is -0.497 e. The monoisotopic (exact) mass is 318 g/mol. The van der Waals surface area contributed by atoms with Crippen LogP contribution in [0.5, 0.6) is 5.75 Å². The van der Waals surface area contributed by atoms with Gasteiger partial charge in [0.1, 0.15) is 11.5 Å². The summed E-state index contributed by atoms with van der Waals surface area (Å²) in [4.78, 5) is 12.3. The fourth-order valence-corrected chi connectivity index (χ4v) is 2.56. The standard InChI is InChI=1S/C17H22N2O4/c1-10(16-11(2)19-23-12(16)3)17(21)18-9-15(20)13-6-5-7-14(8-13)22-4/h5-8,10,15,20H,9H2,1-4H3,(H,18,21). The van der Waals surface area contributed by atoms with Crippen molar-refractivity contribution < 1.29 is 19.2 Å². The first kappa shape index (κ1) is 17.0. The van der Waals surface area contributed by atoms with Crippen LogP contribution in [0.15, 0.2) is 28.8 Å². The molecule has 0 bridgehead atoms. The SMILES string of the molecule is COc1cccc(C(O)CNC(=O)C(C)c2c(C)noc2C)c1. The summed E-state index contributed by atoms with van der Waals surface area (Å²) in [5.74, 6) is 0.732. The summed E-state index contributed by atoms with van der Waals surface area (Å²) in [6.45, 7) is 5.50. The lowest BCUT2D eigenvalue weighted by Crippen LogP contribution is -2.32. The fourth-order valence-electron chi connectivity index (χ4n) is 2.56. The van der Waals surface area contributed by atoms with Crippen LogP contribution in [0.1, 0.15) is 41.5 Å². The van der Waals surface area contributed by atoms with Crippen molar-refractivity contribution in [2.45, 2.75) is 32.8 Å². The van der Waals surface area contributed by atoms with Gasteiger partial charge in [-0.05, 0) is 38.5 Å². The Bertz CT molecular complexity index is 661. The maximum atomic E-state index is 12.3. The third-order valence-electron chi connectivity index (χ3n) is 3.86. The molecule has 0 radical (unpaired) electrons. The average molecular weight is 318 g/mol. The number of methoxy groups -OCH3 is 1. The number of rotatable bonds is 6. The number of hydrogen-bond donors (Lipinski definition) is 2. The predicted molar refractivity (Wildman–Crippen MR) is 85.4 cm³/mol. The van der Waals surface area contributed by atoms with E-state index in [2.05, 4.69) is 10.5 Å². The Labute approximate surface area is 135 Å². The number of aliphatic hydroxyl groups is 1. The first-order valence-corrected chi connectivity index (χ1v) is 7.46. The Balaban J connectivity index is 1.98. The van der Waals surface area contributed by atoms with Crippen LogP contribution in [0.3, 0.4) is 0 Å². The maximum Gasteiger partial charge on any atom is 0.227 e. The zero-order chi connectivity index (χ0) is 17.0. The molecule has 2 unspecified atom stereocenters. The van der Waals surface area contributed by atoms with Crippen molar-refractivity contribution >= 4 is 5.91 Å². The first-order chi connectivity index (χ1) is 10.9. The molecule has 0 aliphatic carbocycles. The number of carbonyl (C=O) groups excluding carboxylic acids is 1. The third-order valence-corrected chi connectivity index (χ3v) is 3.86. The normalized spacial score (nSPS) is 13.4. The third kappa shape index (κ3) is 3.90. The zero-order valence-electron chi connectivity index (χ0n) is 13.8. The molecule has 0 aliphatic heterocycles. The van der Waals surface area contributed by atoms with Gasteiger partial charge < -0.3 is 19.7 Å². The van der Waals surface area contributed by atoms with Gasteiger partial charge in [-0.1, -0.05) is 17.3 Å². The van der Waals surface area contributed by atoms with Crippen LogP contribution in [-0.4, -0.2) is 29.8 Å². The largest absolute Gasteiger partial charge is 0.497 e. The number of benzene rings is 1. The van der Waals surface area contributed by atoms with Gasteiger partial charge in [0.15, 0.2) is 0 Å². The van der Waals surface area contributed by atoms with E-state index in [0.29, 0.717) is 22.8 Å². The van der Waals surface area contributed by atoms with Gasteiger partial charge in [-0.25, -0.2) is 0 Å². The number of hydrogen-bond acceptors (Lipinski definition) is 5. The van der Waals surface area contributed by atoms with E-state index in [9.17, 15) is 9.90 Å². The van der Waals surface area contributed by atoms with Crippen molar-refractivity contribution in [2.24, 2.45) is 0 Å². The highest BCUT2D eigenvalue weighted by Gasteiger charge is 2.23.